The van der Waals surface area contributed by atoms with Crippen LogP contribution in [-0.2, 0) is 14.8 Å². The molecule has 1 heterocycles. The second-order valence-electron chi connectivity index (χ2n) is 5.56. The van der Waals surface area contributed by atoms with Gasteiger partial charge in [0.25, 0.3) is 0 Å². The van der Waals surface area contributed by atoms with Gasteiger partial charge < -0.3 is 10.5 Å². The zero-order valence-electron chi connectivity index (χ0n) is 13.3. The summed E-state index contributed by atoms with van der Waals surface area (Å²) in [5.41, 5.74) is 6.17. The van der Waals surface area contributed by atoms with Crippen molar-refractivity contribution in [3.05, 3.63) is 29.8 Å². The summed E-state index contributed by atoms with van der Waals surface area (Å²) in [5.74, 6) is -0.556. The molecule has 0 aromatic heterocycles. The minimum atomic E-state index is -3.67. The molecule has 1 saturated heterocycles. The normalized spacial score (nSPS) is 20.4. The molecule has 0 amide bonds. The summed E-state index contributed by atoms with van der Waals surface area (Å²) >= 11 is 0. The van der Waals surface area contributed by atoms with Gasteiger partial charge >= 0.3 is 5.97 Å². The van der Waals surface area contributed by atoms with Gasteiger partial charge in [0.2, 0.25) is 10.0 Å². The van der Waals surface area contributed by atoms with Crippen LogP contribution in [0.1, 0.15) is 36.5 Å². The predicted molar refractivity (Wildman–Crippen MR) is 90.2 cm³/mol. The summed E-state index contributed by atoms with van der Waals surface area (Å²) in [6.45, 7) is 2.28. The second kappa shape index (κ2) is 8.10. The number of ether oxygens (including phenoxy) is 1. The average Bonchev–Trinajstić information content (AvgIpc) is 2.54. The molecule has 0 saturated carbocycles. The van der Waals surface area contributed by atoms with Gasteiger partial charge in [0.15, 0.2) is 0 Å². The molecular formula is C15H23ClN2O4S. The Morgan fingerprint density at radius 2 is 2.09 bits per heavy atom. The first kappa shape index (κ1) is 19.9. The SMILES string of the molecule is COC(=O)c1cccc(S(=O)(=O)N2CCCCC2C(C)N)c1.Cl. The zero-order chi connectivity index (χ0) is 16.3. The van der Waals surface area contributed by atoms with E-state index >= 15 is 0 Å². The molecule has 23 heavy (non-hydrogen) atoms. The highest BCUT2D eigenvalue weighted by Gasteiger charge is 2.35. The quantitative estimate of drug-likeness (QED) is 0.824. The van der Waals surface area contributed by atoms with Gasteiger partial charge in [0.1, 0.15) is 0 Å². The Morgan fingerprint density at radius 1 is 1.39 bits per heavy atom. The van der Waals surface area contributed by atoms with E-state index in [4.69, 9.17) is 5.73 Å². The molecule has 130 valence electrons. The number of halogens is 1. The summed E-state index contributed by atoms with van der Waals surface area (Å²) in [5, 5.41) is 0. The third-order valence-corrected chi connectivity index (χ3v) is 5.89. The van der Waals surface area contributed by atoms with E-state index in [-0.39, 0.29) is 34.9 Å². The zero-order valence-corrected chi connectivity index (χ0v) is 14.9. The lowest BCUT2D eigenvalue weighted by molar-refractivity contribution is 0.0600. The number of esters is 1. The van der Waals surface area contributed by atoms with Crippen LogP contribution >= 0.6 is 12.4 Å². The van der Waals surface area contributed by atoms with E-state index in [1.54, 1.807) is 6.07 Å². The fourth-order valence-corrected chi connectivity index (χ4v) is 4.61. The number of benzene rings is 1. The number of nitrogens with two attached hydrogens (primary N) is 1. The number of piperidine rings is 1. The molecule has 6 nitrogen and oxygen atoms in total. The summed E-state index contributed by atoms with van der Waals surface area (Å²) in [4.78, 5) is 11.7. The number of carbonyl (C=O) groups is 1. The smallest absolute Gasteiger partial charge is 0.337 e. The summed E-state index contributed by atoms with van der Waals surface area (Å²) in [7, 11) is -2.41. The van der Waals surface area contributed by atoms with E-state index in [0.717, 1.165) is 19.3 Å². The lowest BCUT2D eigenvalue weighted by Crippen LogP contribution is -2.51. The van der Waals surface area contributed by atoms with Gasteiger partial charge in [-0.1, -0.05) is 12.5 Å². The molecule has 2 unspecified atom stereocenters. The van der Waals surface area contributed by atoms with Gasteiger partial charge in [-0.2, -0.15) is 4.31 Å². The molecule has 0 spiro atoms. The standard InChI is InChI=1S/C15H22N2O4S.ClH/c1-11(16)14-8-3-4-9-17(14)22(19,20)13-7-5-6-12(10-13)15(18)21-2;/h5-7,10-11,14H,3-4,8-9,16H2,1-2H3;1H. The molecule has 0 bridgehead atoms. The van der Waals surface area contributed by atoms with Crippen molar-refractivity contribution in [3.8, 4) is 0 Å². The van der Waals surface area contributed by atoms with Crippen molar-refractivity contribution >= 4 is 28.4 Å². The van der Waals surface area contributed by atoms with Gasteiger partial charge in [-0.05, 0) is 38.0 Å². The largest absolute Gasteiger partial charge is 0.465 e. The van der Waals surface area contributed by atoms with Crippen LogP contribution in [0.25, 0.3) is 0 Å². The van der Waals surface area contributed by atoms with Crippen LogP contribution in [0.15, 0.2) is 29.2 Å². The maximum absolute atomic E-state index is 12.9. The first-order chi connectivity index (χ1) is 10.4. The molecule has 0 aliphatic carbocycles. The van der Waals surface area contributed by atoms with Crippen LogP contribution in [0, 0.1) is 0 Å². The van der Waals surface area contributed by atoms with E-state index in [2.05, 4.69) is 4.74 Å². The third-order valence-electron chi connectivity index (χ3n) is 3.97. The maximum Gasteiger partial charge on any atom is 0.337 e. The summed E-state index contributed by atoms with van der Waals surface area (Å²) in [6.07, 6.45) is 2.55. The minimum absolute atomic E-state index is 0. The van der Waals surface area contributed by atoms with Gasteiger partial charge in [-0.25, -0.2) is 13.2 Å². The summed E-state index contributed by atoms with van der Waals surface area (Å²) < 4.78 is 31.9. The van der Waals surface area contributed by atoms with E-state index < -0.39 is 16.0 Å². The Hall–Kier alpha value is -1.15. The van der Waals surface area contributed by atoms with Crippen LogP contribution < -0.4 is 5.73 Å². The Bertz CT molecular complexity index is 649. The Kier molecular flexibility index (Phi) is 7.01. The van der Waals surface area contributed by atoms with Crippen LogP contribution in [0.5, 0.6) is 0 Å². The number of hydrogen-bond acceptors (Lipinski definition) is 5. The first-order valence-electron chi connectivity index (χ1n) is 7.33. The number of hydrogen-bond donors (Lipinski definition) is 1. The van der Waals surface area contributed by atoms with Crippen molar-refractivity contribution in [1.29, 1.82) is 0 Å². The molecule has 1 aromatic rings. The second-order valence-corrected chi connectivity index (χ2v) is 7.45. The fraction of sp³-hybridized carbons (Fsp3) is 0.533. The monoisotopic (exact) mass is 362 g/mol. The van der Waals surface area contributed by atoms with E-state index in [1.807, 2.05) is 6.92 Å². The van der Waals surface area contributed by atoms with Crippen molar-refractivity contribution in [3.63, 3.8) is 0 Å². The Balaban J connectivity index is 0.00000264. The number of rotatable bonds is 4. The molecule has 1 aliphatic rings. The Morgan fingerprint density at radius 3 is 2.70 bits per heavy atom. The van der Waals surface area contributed by atoms with Crippen molar-refractivity contribution in [2.24, 2.45) is 5.73 Å². The molecule has 0 radical (unpaired) electrons. The van der Waals surface area contributed by atoms with Crippen LogP contribution in [0.4, 0.5) is 0 Å². The molecule has 1 fully saturated rings. The van der Waals surface area contributed by atoms with E-state index in [1.165, 1.54) is 29.6 Å². The highest BCUT2D eigenvalue weighted by Crippen LogP contribution is 2.27. The molecule has 2 N–H and O–H groups in total. The molecular weight excluding hydrogens is 340 g/mol. The van der Waals surface area contributed by atoms with Gasteiger partial charge in [0.05, 0.1) is 17.6 Å². The van der Waals surface area contributed by atoms with Crippen LogP contribution in [0.3, 0.4) is 0 Å². The van der Waals surface area contributed by atoms with Gasteiger partial charge in [-0.3, -0.25) is 0 Å². The van der Waals surface area contributed by atoms with Crippen molar-refractivity contribution in [2.75, 3.05) is 13.7 Å². The number of sulfonamides is 1. The molecule has 1 aromatic carbocycles. The lowest BCUT2D eigenvalue weighted by Gasteiger charge is -2.36. The van der Waals surface area contributed by atoms with Crippen molar-refractivity contribution in [1.82, 2.24) is 4.31 Å². The van der Waals surface area contributed by atoms with Crippen LogP contribution in [0.2, 0.25) is 0 Å². The molecule has 8 heteroatoms. The molecule has 1 aliphatic heterocycles. The Labute approximate surface area is 143 Å². The maximum atomic E-state index is 12.9. The van der Waals surface area contributed by atoms with Crippen molar-refractivity contribution < 1.29 is 17.9 Å². The average molecular weight is 363 g/mol. The van der Waals surface area contributed by atoms with E-state index in [9.17, 15) is 13.2 Å². The minimum Gasteiger partial charge on any atom is -0.465 e. The van der Waals surface area contributed by atoms with E-state index in [0.29, 0.717) is 6.54 Å². The predicted octanol–water partition coefficient (Wildman–Crippen LogP) is 1.79. The van der Waals surface area contributed by atoms with Gasteiger partial charge in [-0.15, -0.1) is 12.4 Å². The highest BCUT2D eigenvalue weighted by atomic mass is 35.5. The van der Waals surface area contributed by atoms with Crippen molar-refractivity contribution in [2.45, 2.75) is 43.2 Å². The highest BCUT2D eigenvalue weighted by molar-refractivity contribution is 7.89. The molecule has 2 rings (SSSR count). The third kappa shape index (κ3) is 4.23. The molecule has 2 atom stereocenters. The van der Waals surface area contributed by atoms with Gasteiger partial charge in [0, 0.05) is 18.6 Å². The topological polar surface area (TPSA) is 89.7 Å². The van der Waals surface area contributed by atoms with Crippen LogP contribution in [-0.4, -0.2) is 44.4 Å². The number of methoxy groups -OCH3 is 1. The first-order valence-corrected chi connectivity index (χ1v) is 8.77. The fourth-order valence-electron chi connectivity index (χ4n) is 2.79. The number of carbonyl (C=O) groups excluding carboxylic acids is 1. The lowest BCUT2D eigenvalue weighted by atomic mass is 10.00. The number of nitrogens with zero attached hydrogens (tertiary/aromatic N) is 1. The summed E-state index contributed by atoms with van der Waals surface area (Å²) in [6, 6.07) is 5.48.